The highest BCUT2D eigenvalue weighted by Crippen LogP contribution is 2.39. The van der Waals surface area contributed by atoms with Gasteiger partial charge >= 0.3 is 0 Å². The Balaban J connectivity index is 1.62. The molecule has 1 atom stereocenters. The van der Waals surface area contributed by atoms with Crippen LogP contribution in [0.2, 0.25) is 0 Å². The first kappa shape index (κ1) is 23.2. The van der Waals surface area contributed by atoms with E-state index in [2.05, 4.69) is 4.98 Å². The second-order valence-corrected chi connectivity index (χ2v) is 7.92. The van der Waals surface area contributed by atoms with Crippen molar-refractivity contribution in [1.29, 1.82) is 0 Å². The summed E-state index contributed by atoms with van der Waals surface area (Å²) in [4.78, 5) is 31.4. The SMILES string of the molecule is COCCCN1C(=O)C(=O)C(=C(O)c2ccc(OCc3ccccc3)cc2)C1c1ccncc1. The Bertz CT molecular complexity index is 1160. The first-order valence-corrected chi connectivity index (χ1v) is 11.0. The lowest BCUT2D eigenvalue weighted by Crippen LogP contribution is -2.31. The van der Waals surface area contributed by atoms with Gasteiger partial charge in [0, 0.05) is 38.2 Å². The Labute approximate surface area is 198 Å². The van der Waals surface area contributed by atoms with E-state index in [1.54, 1.807) is 55.9 Å². The minimum atomic E-state index is -0.707. The molecule has 1 aromatic heterocycles. The summed E-state index contributed by atoms with van der Waals surface area (Å²) in [5.41, 5.74) is 2.24. The first-order chi connectivity index (χ1) is 16.6. The van der Waals surface area contributed by atoms with Crippen molar-refractivity contribution in [2.24, 2.45) is 0 Å². The number of rotatable bonds is 9. The molecule has 1 saturated heterocycles. The Kier molecular flexibility index (Phi) is 7.34. The van der Waals surface area contributed by atoms with Gasteiger partial charge in [-0.2, -0.15) is 0 Å². The lowest BCUT2D eigenvalue weighted by atomic mass is 9.96. The second kappa shape index (κ2) is 10.8. The van der Waals surface area contributed by atoms with Crippen LogP contribution in [0.15, 0.2) is 84.7 Å². The van der Waals surface area contributed by atoms with Crippen molar-refractivity contribution < 1.29 is 24.2 Å². The normalized spacial score (nSPS) is 17.2. The van der Waals surface area contributed by atoms with Crippen molar-refractivity contribution in [1.82, 2.24) is 9.88 Å². The number of carbonyl (C=O) groups is 2. The molecule has 4 rings (SSSR count). The van der Waals surface area contributed by atoms with Crippen LogP contribution in [0.3, 0.4) is 0 Å². The number of nitrogens with zero attached hydrogens (tertiary/aromatic N) is 2. The van der Waals surface area contributed by atoms with Gasteiger partial charge in [-0.05, 0) is 53.9 Å². The fourth-order valence-electron chi connectivity index (χ4n) is 3.99. The number of methoxy groups -OCH3 is 1. The third-order valence-electron chi connectivity index (χ3n) is 5.69. The molecule has 2 heterocycles. The Morgan fingerprint density at radius 3 is 2.38 bits per heavy atom. The fourth-order valence-corrected chi connectivity index (χ4v) is 3.99. The molecular formula is C27H26N2O5. The zero-order chi connectivity index (χ0) is 23.9. The summed E-state index contributed by atoms with van der Waals surface area (Å²) in [7, 11) is 1.59. The maximum absolute atomic E-state index is 13.0. The van der Waals surface area contributed by atoms with Gasteiger partial charge in [0.15, 0.2) is 0 Å². The van der Waals surface area contributed by atoms with Crippen LogP contribution in [0.1, 0.15) is 29.2 Å². The van der Waals surface area contributed by atoms with Crippen LogP contribution in [0, 0.1) is 0 Å². The van der Waals surface area contributed by atoms with Crippen molar-refractivity contribution in [2.45, 2.75) is 19.1 Å². The van der Waals surface area contributed by atoms with E-state index in [0.717, 1.165) is 5.56 Å². The molecule has 1 aliphatic rings. The second-order valence-electron chi connectivity index (χ2n) is 7.92. The molecule has 7 heteroatoms. The Morgan fingerprint density at radius 2 is 1.71 bits per heavy atom. The maximum Gasteiger partial charge on any atom is 0.295 e. The van der Waals surface area contributed by atoms with E-state index in [4.69, 9.17) is 9.47 Å². The summed E-state index contributed by atoms with van der Waals surface area (Å²) in [6.45, 7) is 1.20. The minimum Gasteiger partial charge on any atom is -0.507 e. The lowest BCUT2D eigenvalue weighted by molar-refractivity contribution is -0.140. The van der Waals surface area contributed by atoms with E-state index < -0.39 is 17.7 Å². The smallest absolute Gasteiger partial charge is 0.295 e. The molecule has 0 aliphatic carbocycles. The number of aliphatic hydroxyl groups excluding tert-OH is 1. The number of carbonyl (C=O) groups excluding carboxylic acids is 2. The molecule has 1 aliphatic heterocycles. The van der Waals surface area contributed by atoms with Gasteiger partial charge in [0.1, 0.15) is 18.1 Å². The molecule has 1 N–H and O–H groups in total. The van der Waals surface area contributed by atoms with Crippen molar-refractivity contribution in [3.63, 3.8) is 0 Å². The summed E-state index contributed by atoms with van der Waals surface area (Å²) >= 11 is 0. The topological polar surface area (TPSA) is 89.0 Å². The molecule has 7 nitrogen and oxygen atoms in total. The van der Waals surface area contributed by atoms with Crippen LogP contribution >= 0.6 is 0 Å². The molecule has 0 radical (unpaired) electrons. The quantitative estimate of drug-likeness (QED) is 0.225. The third-order valence-corrected chi connectivity index (χ3v) is 5.69. The summed E-state index contributed by atoms with van der Waals surface area (Å²) in [6, 6.07) is 19.4. The molecule has 3 aromatic rings. The molecule has 1 amide bonds. The van der Waals surface area contributed by atoms with Crippen LogP contribution in [-0.2, 0) is 20.9 Å². The number of aromatic nitrogens is 1. The number of hydrogen-bond donors (Lipinski definition) is 1. The zero-order valence-corrected chi connectivity index (χ0v) is 18.9. The van der Waals surface area contributed by atoms with E-state index in [9.17, 15) is 14.7 Å². The van der Waals surface area contributed by atoms with Crippen molar-refractivity contribution in [3.8, 4) is 5.75 Å². The van der Waals surface area contributed by atoms with Crippen LogP contribution in [0.5, 0.6) is 5.75 Å². The molecular weight excluding hydrogens is 432 g/mol. The fraction of sp³-hybridized carbons (Fsp3) is 0.222. The average Bonchev–Trinajstić information content (AvgIpc) is 3.14. The molecule has 2 aromatic carbocycles. The summed E-state index contributed by atoms with van der Waals surface area (Å²) in [6.07, 6.45) is 3.77. The minimum absolute atomic E-state index is 0.0616. The number of ether oxygens (including phenoxy) is 2. The molecule has 1 unspecified atom stereocenters. The predicted molar refractivity (Wildman–Crippen MR) is 127 cm³/mol. The van der Waals surface area contributed by atoms with Gasteiger partial charge < -0.3 is 19.5 Å². The largest absolute Gasteiger partial charge is 0.507 e. The summed E-state index contributed by atoms with van der Waals surface area (Å²) in [5, 5.41) is 11.1. The van der Waals surface area contributed by atoms with Gasteiger partial charge in [0.2, 0.25) is 0 Å². The van der Waals surface area contributed by atoms with Gasteiger partial charge in [0.05, 0.1) is 11.6 Å². The molecule has 1 fully saturated rings. The number of Topliss-reactive ketones (excluding diaryl/α,β-unsaturated/α-hetero) is 1. The maximum atomic E-state index is 13.0. The molecule has 0 saturated carbocycles. The van der Waals surface area contributed by atoms with E-state index in [1.165, 1.54) is 4.90 Å². The third kappa shape index (κ3) is 5.00. The lowest BCUT2D eigenvalue weighted by Gasteiger charge is -2.25. The van der Waals surface area contributed by atoms with Gasteiger partial charge in [-0.15, -0.1) is 0 Å². The van der Waals surface area contributed by atoms with Crippen LogP contribution in [0.4, 0.5) is 0 Å². The van der Waals surface area contributed by atoms with Gasteiger partial charge in [-0.25, -0.2) is 0 Å². The number of likely N-dealkylation sites (tertiary alicyclic amines) is 1. The highest BCUT2D eigenvalue weighted by atomic mass is 16.5. The molecule has 0 spiro atoms. The Hall–Kier alpha value is -3.97. The standard InChI is InChI=1S/C27H26N2O5/c1-33-17-5-16-29-24(20-12-14-28-15-13-20)23(26(31)27(29)32)25(30)21-8-10-22(11-9-21)34-18-19-6-3-2-4-7-19/h2-4,6-15,24,30H,5,16-18H2,1H3. The van der Waals surface area contributed by atoms with Crippen molar-refractivity contribution in [2.75, 3.05) is 20.3 Å². The zero-order valence-electron chi connectivity index (χ0n) is 18.9. The number of amides is 1. The number of pyridine rings is 1. The average molecular weight is 459 g/mol. The molecule has 0 bridgehead atoms. The number of benzene rings is 2. The van der Waals surface area contributed by atoms with Crippen LogP contribution < -0.4 is 4.74 Å². The van der Waals surface area contributed by atoms with Crippen molar-refractivity contribution >= 4 is 17.4 Å². The summed E-state index contributed by atoms with van der Waals surface area (Å²) < 4.78 is 10.9. The number of ketones is 1. The van der Waals surface area contributed by atoms with Crippen LogP contribution in [0.25, 0.3) is 5.76 Å². The van der Waals surface area contributed by atoms with E-state index in [1.807, 2.05) is 30.3 Å². The summed E-state index contributed by atoms with van der Waals surface area (Å²) in [5.74, 6) is -0.932. The first-order valence-electron chi connectivity index (χ1n) is 11.0. The number of hydrogen-bond acceptors (Lipinski definition) is 6. The predicted octanol–water partition coefficient (Wildman–Crippen LogP) is 4.12. The van der Waals surface area contributed by atoms with E-state index >= 15 is 0 Å². The van der Waals surface area contributed by atoms with Crippen LogP contribution in [-0.4, -0.2) is 46.9 Å². The van der Waals surface area contributed by atoms with E-state index in [0.29, 0.717) is 43.1 Å². The van der Waals surface area contributed by atoms with Gasteiger partial charge in [-0.1, -0.05) is 30.3 Å². The molecule has 34 heavy (non-hydrogen) atoms. The van der Waals surface area contributed by atoms with E-state index in [-0.39, 0.29) is 11.3 Å². The highest BCUT2D eigenvalue weighted by molar-refractivity contribution is 6.46. The van der Waals surface area contributed by atoms with Gasteiger partial charge in [0.25, 0.3) is 11.7 Å². The molecule has 174 valence electrons. The Morgan fingerprint density at radius 1 is 1.00 bits per heavy atom. The van der Waals surface area contributed by atoms with Crippen molar-refractivity contribution in [3.05, 3.63) is 101 Å². The monoisotopic (exact) mass is 458 g/mol. The number of aliphatic hydroxyl groups is 1. The van der Waals surface area contributed by atoms with Gasteiger partial charge in [-0.3, -0.25) is 14.6 Å². The highest BCUT2D eigenvalue weighted by Gasteiger charge is 2.45.